The molecule has 3 aromatic rings. The zero-order valence-electron chi connectivity index (χ0n) is 28.4. The van der Waals surface area contributed by atoms with Gasteiger partial charge >= 0.3 is 0 Å². The molecular weight excluding hydrogens is 580 g/mol. The van der Waals surface area contributed by atoms with E-state index in [2.05, 4.69) is 83.1 Å². The Morgan fingerprint density at radius 1 is 0.936 bits per heavy atom. The quantitative estimate of drug-likeness (QED) is 0.127. The second-order valence-corrected chi connectivity index (χ2v) is 14.5. The standard InChI is InChI=1S/C42H54N2O3/c1-3-25-43-28-24-42-34-22-23-35(41(42)47-40-38(46-2)30-37(45)33(39(40)42)29-36(34)43)44(27-15-13-21-32-19-11-7-12-20-32)26-14-5-4-8-16-31-17-9-6-10-18-31/h3,6-7,9-12,17-20,30,34-36,41,45H,1,4-5,8,13-16,21-29H2,2H3/t34-,35-,36+,41-,42-/m0/s1. The number of nitrogens with zero attached hydrogens (tertiary/aromatic N) is 2. The number of aryl methyl sites for hydroxylation is 2. The SMILES string of the molecule is C=CCN1CC[C@]23c4c5c(O)cc(OC)c4O[C@H]2[C@@H](N(CCCCCCc2ccccc2)CCCCc2ccccc2)CC[C@H]3[C@H]1C5. The molecule has 47 heavy (non-hydrogen) atoms. The van der Waals surface area contributed by atoms with Crippen LogP contribution in [-0.2, 0) is 24.7 Å². The van der Waals surface area contributed by atoms with E-state index in [0.29, 0.717) is 29.5 Å². The summed E-state index contributed by atoms with van der Waals surface area (Å²) in [7, 11) is 1.71. The number of phenolic OH excluding ortho intramolecular Hbond substituents is 1. The number of piperidine rings is 1. The number of likely N-dealkylation sites (tertiary alicyclic amines) is 1. The van der Waals surface area contributed by atoms with Gasteiger partial charge in [0, 0.05) is 41.2 Å². The van der Waals surface area contributed by atoms with Crippen LogP contribution in [0, 0.1) is 5.92 Å². The van der Waals surface area contributed by atoms with Crippen LogP contribution in [0.5, 0.6) is 17.2 Å². The number of hydrogen-bond acceptors (Lipinski definition) is 5. The molecule has 0 amide bonds. The van der Waals surface area contributed by atoms with E-state index in [1.54, 1.807) is 7.11 Å². The van der Waals surface area contributed by atoms with Crippen molar-refractivity contribution in [1.29, 1.82) is 0 Å². The topological polar surface area (TPSA) is 45.2 Å². The fourth-order valence-corrected chi connectivity index (χ4v) is 9.94. The van der Waals surface area contributed by atoms with Crippen LogP contribution in [0.1, 0.15) is 80.0 Å². The summed E-state index contributed by atoms with van der Waals surface area (Å²) in [5.74, 6) is 2.52. The molecule has 4 aliphatic rings. The summed E-state index contributed by atoms with van der Waals surface area (Å²) in [6.45, 7) is 8.28. The summed E-state index contributed by atoms with van der Waals surface area (Å²) >= 11 is 0. The third kappa shape index (κ3) is 6.22. The van der Waals surface area contributed by atoms with Gasteiger partial charge in [-0.15, -0.1) is 6.58 Å². The van der Waals surface area contributed by atoms with E-state index in [1.165, 1.54) is 74.5 Å². The van der Waals surface area contributed by atoms with Crippen LogP contribution in [0.4, 0.5) is 0 Å². The van der Waals surface area contributed by atoms with E-state index >= 15 is 0 Å². The maximum absolute atomic E-state index is 11.4. The van der Waals surface area contributed by atoms with Crippen LogP contribution in [0.15, 0.2) is 79.4 Å². The highest BCUT2D eigenvalue weighted by Gasteiger charge is 2.66. The molecule has 0 aromatic heterocycles. The van der Waals surface area contributed by atoms with Gasteiger partial charge in [-0.2, -0.15) is 0 Å². The van der Waals surface area contributed by atoms with E-state index < -0.39 is 0 Å². The molecule has 3 aromatic carbocycles. The van der Waals surface area contributed by atoms with Crippen molar-refractivity contribution in [3.05, 3.63) is 102 Å². The first-order valence-corrected chi connectivity index (χ1v) is 18.4. The molecule has 2 heterocycles. The van der Waals surface area contributed by atoms with Gasteiger partial charge in [-0.05, 0) is 101 Å². The molecule has 2 aliphatic carbocycles. The number of hydrogen-bond donors (Lipinski definition) is 1. The van der Waals surface area contributed by atoms with Gasteiger partial charge in [-0.25, -0.2) is 0 Å². The number of methoxy groups -OCH3 is 1. The van der Waals surface area contributed by atoms with E-state index in [-0.39, 0.29) is 11.5 Å². The van der Waals surface area contributed by atoms with Gasteiger partial charge in [0.15, 0.2) is 11.5 Å². The van der Waals surface area contributed by atoms with Crippen LogP contribution < -0.4 is 9.47 Å². The highest BCUT2D eigenvalue weighted by Crippen LogP contribution is 2.65. The summed E-state index contributed by atoms with van der Waals surface area (Å²) in [6, 6.07) is 24.4. The van der Waals surface area contributed by atoms with E-state index in [1.807, 2.05) is 6.07 Å². The zero-order chi connectivity index (χ0) is 32.2. The van der Waals surface area contributed by atoms with Crippen LogP contribution in [-0.4, -0.2) is 66.4 Å². The predicted octanol–water partition coefficient (Wildman–Crippen LogP) is 8.12. The summed E-state index contributed by atoms with van der Waals surface area (Å²) in [5, 5.41) is 11.4. The first-order chi connectivity index (χ1) is 23.1. The Hall–Kier alpha value is -3.28. The molecule has 0 unspecified atom stereocenters. The monoisotopic (exact) mass is 634 g/mol. The first-order valence-electron chi connectivity index (χ1n) is 18.4. The van der Waals surface area contributed by atoms with Gasteiger partial charge in [0.05, 0.1) is 7.11 Å². The van der Waals surface area contributed by atoms with Crippen molar-refractivity contribution in [2.24, 2.45) is 5.92 Å². The average Bonchev–Trinajstić information content (AvgIpc) is 3.44. The summed E-state index contributed by atoms with van der Waals surface area (Å²) in [5.41, 5.74) is 5.20. The molecule has 1 spiro atoms. The van der Waals surface area contributed by atoms with Gasteiger partial charge in [-0.3, -0.25) is 9.80 Å². The van der Waals surface area contributed by atoms with Crippen molar-refractivity contribution >= 4 is 0 Å². The zero-order valence-corrected chi connectivity index (χ0v) is 28.4. The van der Waals surface area contributed by atoms with Crippen molar-refractivity contribution in [3.63, 3.8) is 0 Å². The molecule has 1 N–H and O–H groups in total. The lowest BCUT2D eigenvalue weighted by Gasteiger charge is -2.60. The van der Waals surface area contributed by atoms with E-state index in [0.717, 1.165) is 56.8 Å². The van der Waals surface area contributed by atoms with Crippen molar-refractivity contribution in [1.82, 2.24) is 9.80 Å². The number of ether oxygens (including phenoxy) is 2. The maximum atomic E-state index is 11.4. The van der Waals surface area contributed by atoms with Crippen LogP contribution in [0.25, 0.3) is 0 Å². The van der Waals surface area contributed by atoms with Gasteiger partial charge < -0.3 is 14.6 Å². The van der Waals surface area contributed by atoms with Crippen molar-refractivity contribution < 1.29 is 14.6 Å². The van der Waals surface area contributed by atoms with Crippen LogP contribution >= 0.6 is 0 Å². The molecule has 1 saturated carbocycles. The number of rotatable bonds is 16. The summed E-state index contributed by atoms with van der Waals surface area (Å²) in [4.78, 5) is 5.46. The molecule has 250 valence electrons. The summed E-state index contributed by atoms with van der Waals surface area (Å²) < 4.78 is 13.1. The second kappa shape index (κ2) is 14.5. The molecule has 1 saturated heterocycles. The molecule has 2 bridgehead atoms. The van der Waals surface area contributed by atoms with Gasteiger partial charge in [-0.1, -0.05) is 79.6 Å². The molecule has 2 aliphatic heterocycles. The Bertz CT molecular complexity index is 1490. The number of benzene rings is 3. The number of aromatic hydroxyl groups is 1. The Labute approximate surface area is 282 Å². The molecular formula is C42H54N2O3. The first kappa shape index (κ1) is 32.3. The van der Waals surface area contributed by atoms with Crippen molar-refractivity contribution in [2.45, 2.75) is 101 Å². The predicted molar refractivity (Wildman–Crippen MR) is 191 cm³/mol. The molecule has 0 radical (unpaired) electrons. The average molecular weight is 635 g/mol. The molecule has 5 atom stereocenters. The Morgan fingerprint density at radius 2 is 1.60 bits per heavy atom. The second-order valence-electron chi connectivity index (χ2n) is 14.5. The molecule has 5 heteroatoms. The molecule has 7 rings (SSSR count). The fraction of sp³-hybridized carbons (Fsp3) is 0.524. The summed E-state index contributed by atoms with van der Waals surface area (Å²) in [6.07, 6.45) is 16.2. The lowest BCUT2D eigenvalue weighted by molar-refractivity contribution is -0.0867. The van der Waals surface area contributed by atoms with Crippen molar-refractivity contribution in [3.8, 4) is 17.2 Å². The minimum Gasteiger partial charge on any atom is -0.508 e. The molecule has 2 fully saturated rings. The Morgan fingerprint density at radius 3 is 2.28 bits per heavy atom. The fourth-order valence-electron chi connectivity index (χ4n) is 9.94. The van der Waals surface area contributed by atoms with Crippen molar-refractivity contribution in [2.75, 3.05) is 33.3 Å². The number of unbranched alkanes of at least 4 members (excludes halogenated alkanes) is 4. The van der Waals surface area contributed by atoms with E-state index in [9.17, 15) is 5.11 Å². The minimum atomic E-state index is -0.0713. The van der Waals surface area contributed by atoms with E-state index in [4.69, 9.17) is 9.47 Å². The third-order valence-electron chi connectivity index (χ3n) is 12.1. The highest BCUT2D eigenvalue weighted by atomic mass is 16.5. The smallest absolute Gasteiger partial charge is 0.166 e. The number of phenols is 1. The van der Waals surface area contributed by atoms with Gasteiger partial charge in [0.1, 0.15) is 11.9 Å². The van der Waals surface area contributed by atoms with Crippen LogP contribution in [0.2, 0.25) is 0 Å². The highest BCUT2D eigenvalue weighted by molar-refractivity contribution is 5.65. The minimum absolute atomic E-state index is 0.0713. The lowest BCUT2D eigenvalue weighted by atomic mass is 9.50. The lowest BCUT2D eigenvalue weighted by Crippen LogP contribution is -2.68. The third-order valence-corrected chi connectivity index (χ3v) is 12.1. The Kier molecular flexibility index (Phi) is 9.93. The van der Waals surface area contributed by atoms with Crippen LogP contribution in [0.3, 0.4) is 0 Å². The largest absolute Gasteiger partial charge is 0.508 e. The Balaban J connectivity index is 1.11. The van der Waals surface area contributed by atoms with Gasteiger partial charge in [0.2, 0.25) is 0 Å². The normalized spacial score (nSPS) is 25.7. The molecule has 5 nitrogen and oxygen atoms in total. The maximum Gasteiger partial charge on any atom is 0.166 e. The van der Waals surface area contributed by atoms with Gasteiger partial charge in [0.25, 0.3) is 0 Å².